The van der Waals surface area contributed by atoms with Gasteiger partial charge in [-0.1, -0.05) is 0 Å². The first-order valence-corrected chi connectivity index (χ1v) is 6.58. The van der Waals surface area contributed by atoms with Gasteiger partial charge in [0.1, 0.15) is 5.60 Å². The van der Waals surface area contributed by atoms with Crippen LogP contribution >= 0.6 is 0 Å². The molecule has 2 atom stereocenters. The maximum absolute atomic E-state index is 12.1. The summed E-state index contributed by atoms with van der Waals surface area (Å²) in [5.41, 5.74) is 4.89. The third-order valence-electron chi connectivity index (χ3n) is 3.74. The largest absolute Gasteiger partial charge is 0.444 e. The maximum atomic E-state index is 12.1. The highest BCUT2D eigenvalue weighted by Gasteiger charge is 2.46. The summed E-state index contributed by atoms with van der Waals surface area (Å²) in [6, 6.07) is 0.243. The van der Waals surface area contributed by atoms with Crippen LogP contribution in [0.5, 0.6) is 0 Å². The zero-order valence-electron chi connectivity index (χ0n) is 11.3. The van der Waals surface area contributed by atoms with Crippen molar-refractivity contribution < 1.29 is 14.3 Å². The SMILES string of the molecule is CC(C)(C)OC(=O)N1C2CCC1CC(C(N)=O)C2. The van der Waals surface area contributed by atoms with E-state index in [2.05, 4.69) is 0 Å². The lowest BCUT2D eigenvalue weighted by Crippen LogP contribution is -2.50. The van der Waals surface area contributed by atoms with Crippen LogP contribution < -0.4 is 5.73 Å². The second-order valence-corrected chi connectivity index (χ2v) is 6.34. The monoisotopic (exact) mass is 254 g/mol. The molecule has 2 bridgehead atoms. The predicted molar refractivity (Wildman–Crippen MR) is 66.8 cm³/mol. The maximum Gasteiger partial charge on any atom is 0.410 e. The Morgan fingerprint density at radius 3 is 2.06 bits per heavy atom. The number of ether oxygens (including phenoxy) is 1. The van der Waals surface area contributed by atoms with Gasteiger partial charge in [-0.2, -0.15) is 0 Å². The molecular weight excluding hydrogens is 232 g/mol. The summed E-state index contributed by atoms with van der Waals surface area (Å²) in [6.45, 7) is 5.59. The summed E-state index contributed by atoms with van der Waals surface area (Å²) in [7, 11) is 0. The van der Waals surface area contributed by atoms with E-state index >= 15 is 0 Å². The molecule has 2 amide bonds. The van der Waals surface area contributed by atoms with Gasteiger partial charge in [0.15, 0.2) is 0 Å². The Kier molecular flexibility index (Phi) is 3.25. The highest BCUT2D eigenvalue weighted by atomic mass is 16.6. The molecule has 0 aromatic rings. The van der Waals surface area contributed by atoms with E-state index in [0.717, 1.165) is 12.8 Å². The molecule has 102 valence electrons. The Balaban J connectivity index is 2.05. The fraction of sp³-hybridized carbons (Fsp3) is 0.846. The van der Waals surface area contributed by atoms with Crippen molar-refractivity contribution in [1.82, 2.24) is 4.90 Å². The van der Waals surface area contributed by atoms with E-state index in [0.29, 0.717) is 12.8 Å². The number of rotatable bonds is 1. The van der Waals surface area contributed by atoms with E-state index in [4.69, 9.17) is 10.5 Å². The Morgan fingerprint density at radius 2 is 1.67 bits per heavy atom. The number of nitrogens with zero attached hydrogens (tertiary/aromatic N) is 1. The molecule has 0 aromatic carbocycles. The molecule has 0 aromatic heterocycles. The number of hydrogen-bond donors (Lipinski definition) is 1. The van der Waals surface area contributed by atoms with E-state index < -0.39 is 5.60 Å². The molecule has 0 saturated carbocycles. The molecule has 2 unspecified atom stereocenters. The van der Waals surface area contributed by atoms with Crippen molar-refractivity contribution in [1.29, 1.82) is 0 Å². The second kappa shape index (κ2) is 4.44. The van der Waals surface area contributed by atoms with E-state index in [9.17, 15) is 9.59 Å². The lowest BCUT2D eigenvalue weighted by molar-refractivity contribution is -0.124. The van der Waals surface area contributed by atoms with Crippen LogP contribution in [-0.2, 0) is 9.53 Å². The summed E-state index contributed by atoms with van der Waals surface area (Å²) < 4.78 is 5.42. The van der Waals surface area contributed by atoms with Gasteiger partial charge in [-0.05, 0) is 46.5 Å². The molecule has 2 N–H and O–H groups in total. The molecule has 0 aliphatic carbocycles. The first-order valence-electron chi connectivity index (χ1n) is 6.58. The van der Waals surface area contributed by atoms with Gasteiger partial charge < -0.3 is 15.4 Å². The van der Waals surface area contributed by atoms with Gasteiger partial charge >= 0.3 is 6.09 Å². The first-order chi connectivity index (χ1) is 8.28. The summed E-state index contributed by atoms with van der Waals surface area (Å²) in [5.74, 6) is -0.322. The highest BCUT2D eigenvalue weighted by molar-refractivity contribution is 5.78. The number of piperidine rings is 1. The number of amides is 2. The Bertz CT molecular complexity index is 348. The van der Waals surface area contributed by atoms with Crippen LogP contribution in [0.3, 0.4) is 0 Å². The quantitative estimate of drug-likeness (QED) is 0.773. The average molecular weight is 254 g/mol. The van der Waals surface area contributed by atoms with Crippen LogP contribution in [0.2, 0.25) is 0 Å². The van der Waals surface area contributed by atoms with Gasteiger partial charge in [0, 0.05) is 18.0 Å². The summed E-state index contributed by atoms with van der Waals surface area (Å²) in [4.78, 5) is 25.2. The molecule has 2 rings (SSSR count). The van der Waals surface area contributed by atoms with E-state index in [1.165, 1.54) is 0 Å². The molecule has 2 heterocycles. The summed E-state index contributed by atoms with van der Waals surface area (Å²) in [5, 5.41) is 0. The minimum Gasteiger partial charge on any atom is -0.444 e. The van der Waals surface area contributed by atoms with Gasteiger partial charge in [-0.15, -0.1) is 0 Å². The summed E-state index contributed by atoms with van der Waals surface area (Å²) in [6.07, 6.45) is 3.02. The standard InChI is InChI=1S/C13H22N2O3/c1-13(2,3)18-12(17)15-9-4-5-10(15)7-8(6-9)11(14)16/h8-10H,4-7H2,1-3H3,(H2,14,16). The summed E-state index contributed by atoms with van der Waals surface area (Å²) >= 11 is 0. The van der Waals surface area contributed by atoms with Crippen molar-refractivity contribution in [2.75, 3.05) is 0 Å². The molecule has 18 heavy (non-hydrogen) atoms. The third kappa shape index (κ3) is 2.60. The van der Waals surface area contributed by atoms with E-state index in [-0.39, 0.29) is 30.0 Å². The number of carbonyl (C=O) groups excluding carboxylic acids is 2. The molecule has 0 spiro atoms. The van der Waals surface area contributed by atoms with Gasteiger partial charge in [0.2, 0.25) is 5.91 Å². The average Bonchev–Trinajstić information content (AvgIpc) is 2.47. The zero-order valence-corrected chi connectivity index (χ0v) is 11.3. The number of fused-ring (bicyclic) bond motifs is 2. The fourth-order valence-electron chi connectivity index (χ4n) is 3.02. The van der Waals surface area contributed by atoms with Gasteiger partial charge in [-0.25, -0.2) is 4.79 Å². The second-order valence-electron chi connectivity index (χ2n) is 6.34. The topological polar surface area (TPSA) is 72.6 Å². The number of carbonyl (C=O) groups is 2. The Morgan fingerprint density at radius 1 is 1.17 bits per heavy atom. The van der Waals surface area contributed by atoms with Crippen molar-refractivity contribution in [2.24, 2.45) is 11.7 Å². The van der Waals surface area contributed by atoms with Gasteiger partial charge in [0.25, 0.3) is 0 Å². The Hall–Kier alpha value is -1.26. The van der Waals surface area contributed by atoms with Gasteiger partial charge in [0.05, 0.1) is 0 Å². The molecule has 2 aliphatic heterocycles. The molecule has 0 radical (unpaired) electrons. The van der Waals surface area contributed by atoms with Crippen molar-refractivity contribution in [3.63, 3.8) is 0 Å². The number of nitrogens with two attached hydrogens (primary N) is 1. The van der Waals surface area contributed by atoms with Crippen LogP contribution in [0, 0.1) is 5.92 Å². The lowest BCUT2D eigenvalue weighted by atomic mass is 9.90. The van der Waals surface area contributed by atoms with Crippen LogP contribution in [-0.4, -0.2) is 34.6 Å². The molecule has 2 aliphatic rings. The van der Waals surface area contributed by atoms with Crippen LogP contribution in [0.4, 0.5) is 4.79 Å². The molecule has 5 heteroatoms. The Labute approximate surface area is 108 Å². The lowest BCUT2D eigenvalue weighted by Gasteiger charge is -2.38. The molecule has 5 nitrogen and oxygen atoms in total. The zero-order chi connectivity index (χ0) is 13.5. The number of hydrogen-bond acceptors (Lipinski definition) is 3. The molecular formula is C13H22N2O3. The van der Waals surface area contributed by atoms with Crippen molar-refractivity contribution in [3.8, 4) is 0 Å². The normalized spacial score (nSPS) is 31.3. The van der Waals surface area contributed by atoms with Crippen LogP contribution in [0.15, 0.2) is 0 Å². The van der Waals surface area contributed by atoms with E-state index in [1.54, 1.807) is 0 Å². The van der Waals surface area contributed by atoms with Crippen molar-refractivity contribution in [2.45, 2.75) is 64.1 Å². The molecule has 2 fully saturated rings. The first kappa shape index (κ1) is 13.2. The minimum atomic E-state index is -0.475. The molecule has 2 saturated heterocycles. The van der Waals surface area contributed by atoms with Crippen molar-refractivity contribution >= 4 is 12.0 Å². The predicted octanol–water partition coefficient (Wildman–Crippen LogP) is 1.65. The van der Waals surface area contributed by atoms with Crippen molar-refractivity contribution in [3.05, 3.63) is 0 Å². The highest BCUT2D eigenvalue weighted by Crippen LogP contribution is 2.39. The van der Waals surface area contributed by atoms with Crippen LogP contribution in [0.1, 0.15) is 46.5 Å². The van der Waals surface area contributed by atoms with Crippen LogP contribution in [0.25, 0.3) is 0 Å². The fourth-order valence-corrected chi connectivity index (χ4v) is 3.02. The van der Waals surface area contributed by atoms with Gasteiger partial charge in [-0.3, -0.25) is 4.79 Å². The number of primary amides is 1. The third-order valence-corrected chi connectivity index (χ3v) is 3.74. The minimum absolute atomic E-state index is 0.0822. The smallest absolute Gasteiger partial charge is 0.410 e. The van der Waals surface area contributed by atoms with E-state index in [1.807, 2.05) is 25.7 Å².